The molecule has 2 aliphatic carbocycles. The van der Waals surface area contributed by atoms with Crippen molar-refractivity contribution in [3.63, 3.8) is 0 Å². The Morgan fingerprint density at radius 3 is 2.81 bits per heavy atom. The lowest BCUT2D eigenvalue weighted by Gasteiger charge is -2.24. The van der Waals surface area contributed by atoms with Gasteiger partial charge in [-0.25, -0.2) is 0 Å². The lowest BCUT2D eigenvalue weighted by atomic mass is 9.89. The van der Waals surface area contributed by atoms with Gasteiger partial charge in [0.05, 0.1) is 6.61 Å². The molecule has 1 aromatic carbocycles. The number of hydrogen-bond acceptors (Lipinski definition) is 2. The Hall–Kier alpha value is -1.02. The van der Waals surface area contributed by atoms with E-state index >= 15 is 0 Å². The Bertz CT molecular complexity index is 484. The minimum atomic E-state index is 0.352. The number of nitrogens with one attached hydrogen (secondary N) is 1. The Kier molecular flexibility index (Phi) is 4.54. The van der Waals surface area contributed by atoms with Gasteiger partial charge in [0.2, 0.25) is 0 Å². The van der Waals surface area contributed by atoms with Crippen LogP contribution in [0.25, 0.3) is 0 Å². The molecule has 0 aliphatic heterocycles. The molecule has 0 amide bonds. The molecule has 21 heavy (non-hydrogen) atoms. The SMILES string of the molecule is CCNC(C)c1ccc(C)cc1OCC1CC2CCC1C2. The summed E-state index contributed by atoms with van der Waals surface area (Å²) in [5.74, 6) is 3.83. The van der Waals surface area contributed by atoms with Gasteiger partial charge >= 0.3 is 0 Å². The molecule has 0 spiro atoms. The van der Waals surface area contributed by atoms with E-state index in [1.165, 1.54) is 36.8 Å². The van der Waals surface area contributed by atoms with Gasteiger partial charge in [-0.3, -0.25) is 0 Å². The fourth-order valence-electron chi connectivity index (χ4n) is 4.32. The monoisotopic (exact) mass is 287 g/mol. The van der Waals surface area contributed by atoms with Crippen LogP contribution in [0.4, 0.5) is 0 Å². The molecular weight excluding hydrogens is 258 g/mol. The van der Waals surface area contributed by atoms with Crippen LogP contribution in [0.2, 0.25) is 0 Å². The van der Waals surface area contributed by atoms with Crippen molar-refractivity contribution in [1.29, 1.82) is 0 Å². The van der Waals surface area contributed by atoms with Gasteiger partial charge in [0, 0.05) is 11.6 Å². The van der Waals surface area contributed by atoms with Crippen LogP contribution in [-0.4, -0.2) is 13.2 Å². The van der Waals surface area contributed by atoms with Crippen molar-refractivity contribution in [3.05, 3.63) is 29.3 Å². The third kappa shape index (κ3) is 3.26. The molecule has 1 N–H and O–H groups in total. The highest BCUT2D eigenvalue weighted by atomic mass is 16.5. The summed E-state index contributed by atoms with van der Waals surface area (Å²) in [6.45, 7) is 8.42. The highest BCUT2D eigenvalue weighted by Crippen LogP contribution is 2.48. The van der Waals surface area contributed by atoms with Crippen molar-refractivity contribution < 1.29 is 4.74 Å². The van der Waals surface area contributed by atoms with E-state index in [-0.39, 0.29) is 0 Å². The Morgan fingerprint density at radius 2 is 2.14 bits per heavy atom. The summed E-state index contributed by atoms with van der Waals surface area (Å²) in [6, 6.07) is 6.97. The molecule has 0 saturated heterocycles. The van der Waals surface area contributed by atoms with Crippen LogP contribution in [0.5, 0.6) is 5.75 Å². The lowest BCUT2D eigenvalue weighted by Crippen LogP contribution is -2.21. The zero-order chi connectivity index (χ0) is 14.8. The summed E-state index contributed by atoms with van der Waals surface area (Å²) in [6.07, 6.45) is 5.76. The Morgan fingerprint density at radius 1 is 1.29 bits per heavy atom. The van der Waals surface area contributed by atoms with E-state index in [0.717, 1.165) is 36.7 Å². The van der Waals surface area contributed by atoms with Crippen LogP contribution in [0.15, 0.2) is 18.2 Å². The molecule has 0 aromatic heterocycles. The second-order valence-corrected chi connectivity index (χ2v) is 7.07. The number of benzene rings is 1. The lowest BCUT2D eigenvalue weighted by molar-refractivity contribution is 0.193. The average Bonchev–Trinajstić information content (AvgIpc) is 3.08. The van der Waals surface area contributed by atoms with Crippen LogP contribution in [0.1, 0.15) is 56.7 Å². The zero-order valence-electron chi connectivity index (χ0n) is 13.7. The molecule has 2 aliphatic rings. The van der Waals surface area contributed by atoms with Gasteiger partial charge in [-0.05, 0) is 69.0 Å². The van der Waals surface area contributed by atoms with E-state index in [0.29, 0.717) is 6.04 Å². The molecule has 4 unspecified atom stereocenters. The fourth-order valence-corrected chi connectivity index (χ4v) is 4.32. The minimum Gasteiger partial charge on any atom is -0.493 e. The van der Waals surface area contributed by atoms with Crippen molar-refractivity contribution in [2.24, 2.45) is 17.8 Å². The first-order chi connectivity index (χ1) is 10.2. The van der Waals surface area contributed by atoms with Gasteiger partial charge in [0.1, 0.15) is 5.75 Å². The molecule has 4 atom stereocenters. The summed E-state index contributed by atoms with van der Waals surface area (Å²) in [4.78, 5) is 0. The fraction of sp³-hybridized carbons (Fsp3) is 0.684. The van der Waals surface area contributed by atoms with Crippen molar-refractivity contribution >= 4 is 0 Å². The van der Waals surface area contributed by atoms with Crippen molar-refractivity contribution in [2.45, 2.75) is 52.5 Å². The number of ether oxygens (including phenoxy) is 1. The number of fused-ring (bicyclic) bond motifs is 2. The topological polar surface area (TPSA) is 21.3 Å². The maximum Gasteiger partial charge on any atom is 0.124 e. The van der Waals surface area contributed by atoms with Crippen molar-refractivity contribution in [2.75, 3.05) is 13.2 Å². The van der Waals surface area contributed by atoms with E-state index in [9.17, 15) is 0 Å². The van der Waals surface area contributed by atoms with Gasteiger partial charge in [0.15, 0.2) is 0 Å². The molecule has 1 aromatic rings. The molecular formula is C19H29NO. The van der Waals surface area contributed by atoms with E-state index in [2.05, 4.69) is 44.3 Å². The molecule has 2 bridgehead atoms. The Balaban J connectivity index is 1.67. The average molecular weight is 287 g/mol. The van der Waals surface area contributed by atoms with Crippen molar-refractivity contribution in [3.8, 4) is 5.75 Å². The first kappa shape index (κ1) is 14.9. The van der Waals surface area contributed by atoms with Crippen LogP contribution in [0.3, 0.4) is 0 Å². The van der Waals surface area contributed by atoms with Crippen LogP contribution in [-0.2, 0) is 0 Å². The quantitative estimate of drug-likeness (QED) is 0.833. The second kappa shape index (κ2) is 6.39. The summed E-state index contributed by atoms with van der Waals surface area (Å²) in [5, 5.41) is 3.50. The summed E-state index contributed by atoms with van der Waals surface area (Å²) < 4.78 is 6.28. The van der Waals surface area contributed by atoms with Gasteiger partial charge in [-0.1, -0.05) is 25.5 Å². The first-order valence-electron chi connectivity index (χ1n) is 8.64. The van der Waals surface area contributed by atoms with Crippen LogP contribution < -0.4 is 10.1 Å². The van der Waals surface area contributed by atoms with Crippen molar-refractivity contribution in [1.82, 2.24) is 5.32 Å². The highest BCUT2D eigenvalue weighted by molar-refractivity contribution is 5.39. The third-order valence-electron chi connectivity index (χ3n) is 5.48. The van der Waals surface area contributed by atoms with E-state index < -0.39 is 0 Å². The smallest absolute Gasteiger partial charge is 0.124 e. The van der Waals surface area contributed by atoms with E-state index in [1.807, 2.05) is 0 Å². The van der Waals surface area contributed by atoms with Crippen LogP contribution in [0, 0.1) is 24.7 Å². The third-order valence-corrected chi connectivity index (χ3v) is 5.48. The van der Waals surface area contributed by atoms with Gasteiger partial charge in [-0.2, -0.15) is 0 Å². The highest BCUT2D eigenvalue weighted by Gasteiger charge is 2.39. The molecule has 2 heteroatoms. The summed E-state index contributed by atoms with van der Waals surface area (Å²) >= 11 is 0. The predicted octanol–water partition coefficient (Wildman–Crippen LogP) is 4.48. The van der Waals surface area contributed by atoms with E-state index in [4.69, 9.17) is 4.74 Å². The van der Waals surface area contributed by atoms with Gasteiger partial charge in [-0.15, -0.1) is 0 Å². The predicted molar refractivity (Wildman–Crippen MR) is 87.7 cm³/mol. The number of rotatable bonds is 6. The standard InChI is InChI=1S/C19H29NO/c1-4-20-14(3)18-8-5-13(2)9-19(18)21-12-17-11-15-6-7-16(17)10-15/h5,8-9,14-17,20H,4,6-7,10-12H2,1-3H3. The summed E-state index contributed by atoms with van der Waals surface area (Å²) in [5.41, 5.74) is 2.58. The molecule has 2 fully saturated rings. The minimum absolute atomic E-state index is 0.352. The van der Waals surface area contributed by atoms with E-state index in [1.54, 1.807) is 0 Å². The second-order valence-electron chi connectivity index (χ2n) is 7.07. The number of hydrogen-bond donors (Lipinski definition) is 1. The maximum atomic E-state index is 6.28. The number of aryl methyl sites for hydroxylation is 1. The normalized spacial score (nSPS) is 28.8. The van der Waals surface area contributed by atoms with Gasteiger partial charge in [0.25, 0.3) is 0 Å². The molecule has 0 radical (unpaired) electrons. The molecule has 0 heterocycles. The van der Waals surface area contributed by atoms with Crippen LogP contribution >= 0.6 is 0 Å². The molecule has 116 valence electrons. The Labute approximate surface area is 129 Å². The maximum absolute atomic E-state index is 6.28. The van der Waals surface area contributed by atoms with Gasteiger partial charge < -0.3 is 10.1 Å². The summed E-state index contributed by atoms with van der Waals surface area (Å²) in [7, 11) is 0. The molecule has 2 nitrogen and oxygen atoms in total. The zero-order valence-corrected chi connectivity index (χ0v) is 13.7. The largest absolute Gasteiger partial charge is 0.493 e. The molecule has 3 rings (SSSR count). The molecule has 2 saturated carbocycles. The first-order valence-corrected chi connectivity index (χ1v) is 8.64.